The van der Waals surface area contributed by atoms with Crippen molar-refractivity contribution in [2.24, 2.45) is 10.8 Å². The van der Waals surface area contributed by atoms with Gasteiger partial charge in [0.1, 0.15) is 5.82 Å². The summed E-state index contributed by atoms with van der Waals surface area (Å²) >= 11 is 0. The number of nitrogens with zero attached hydrogens (tertiary/aromatic N) is 1. The molecule has 0 bridgehead atoms. The minimum absolute atomic E-state index is 0.130. The standard InChI is InChI=1S/C23H38FNO/c1-9-12-18(13-10-2)25(21(26)23(7,8)22(4,5)6)19-14-15-20(24)17(11-3)16-19/h14-16,18H,9-13H2,1-8H3. The van der Waals surface area contributed by atoms with Gasteiger partial charge in [0.15, 0.2) is 0 Å². The number of rotatable bonds is 8. The number of carbonyl (C=O) groups is 1. The second-order valence-electron chi connectivity index (χ2n) is 8.91. The number of aryl methyl sites for hydroxylation is 1. The summed E-state index contributed by atoms with van der Waals surface area (Å²) in [4.78, 5) is 15.7. The van der Waals surface area contributed by atoms with Gasteiger partial charge in [-0.3, -0.25) is 4.79 Å². The van der Waals surface area contributed by atoms with E-state index in [0.717, 1.165) is 31.4 Å². The fourth-order valence-corrected chi connectivity index (χ4v) is 3.17. The molecule has 26 heavy (non-hydrogen) atoms. The zero-order valence-electron chi connectivity index (χ0n) is 18.1. The molecule has 0 radical (unpaired) electrons. The summed E-state index contributed by atoms with van der Waals surface area (Å²) in [6.45, 7) is 16.6. The predicted molar refractivity (Wildman–Crippen MR) is 110 cm³/mol. The van der Waals surface area contributed by atoms with Gasteiger partial charge in [-0.25, -0.2) is 4.39 Å². The summed E-state index contributed by atoms with van der Waals surface area (Å²) < 4.78 is 14.1. The third-order valence-electron chi connectivity index (χ3n) is 5.93. The van der Waals surface area contributed by atoms with Gasteiger partial charge in [0.2, 0.25) is 5.91 Å². The Morgan fingerprint density at radius 1 is 1.04 bits per heavy atom. The van der Waals surface area contributed by atoms with E-state index >= 15 is 0 Å². The summed E-state index contributed by atoms with van der Waals surface area (Å²) in [7, 11) is 0. The molecule has 1 aromatic carbocycles. The van der Waals surface area contributed by atoms with Gasteiger partial charge in [-0.2, -0.15) is 0 Å². The molecule has 0 saturated heterocycles. The Morgan fingerprint density at radius 2 is 1.58 bits per heavy atom. The van der Waals surface area contributed by atoms with E-state index in [2.05, 4.69) is 34.6 Å². The van der Waals surface area contributed by atoms with Crippen molar-refractivity contribution in [1.29, 1.82) is 0 Å². The normalized spacial score (nSPS) is 12.5. The van der Waals surface area contributed by atoms with Crippen molar-refractivity contribution in [1.82, 2.24) is 0 Å². The van der Waals surface area contributed by atoms with E-state index < -0.39 is 5.41 Å². The predicted octanol–water partition coefficient (Wildman–Crippen LogP) is 6.76. The summed E-state index contributed by atoms with van der Waals surface area (Å²) in [5, 5.41) is 0. The Bertz CT molecular complexity index is 595. The van der Waals surface area contributed by atoms with Gasteiger partial charge in [0.25, 0.3) is 0 Å². The van der Waals surface area contributed by atoms with Crippen molar-refractivity contribution >= 4 is 11.6 Å². The van der Waals surface area contributed by atoms with Crippen LogP contribution in [0.1, 0.15) is 86.6 Å². The van der Waals surface area contributed by atoms with E-state index in [9.17, 15) is 9.18 Å². The number of benzene rings is 1. The maximum absolute atomic E-state index is 14.1. The largest absolute Gasteiger partial charge is 0.309 e. The van der Waals surface area contributed by atoms with Crippen LogP contribution in [0, 0.1) is 16.6 Å². The van der Waals surface area contributed by atoms with Crippen LogP contribution in [0.2, 0.25) is 0 Å². The van der Waals surface area contributed by atoms with Crippen LogP contribution in [0.25, 0.3) is 0 Å². The quantitative estimate of drug-likeness (QED) is 0.499. The first kappa shape index (κ1) is 22.7. The van der Waals surface area contributed by atoms with E-state index in [-0.39, 0.29) is 23.2 Å². The van der Waals surface area contributed by atoms with Crippen LogP contribution in [-0.2, 0) is 11.2 Å². The van der Waals surface area contributed by atoms with Crippen LogP contribution in [0.3, 0.4) is 0 Å². The highest BCUT2D eigenvalue weighted by molar-refractivity contribution is 5.98. The molecule has 0 fully saturated rings. The molecule has 0 aliphatic carbocycles. The Kier molecular flexibility index (Phi) is 7.85. The molecule has 2 nitrogen and oxygen atoms in total. The Hall–Kier alpha value is -1.38. The maximum atomic E-state index is 14.1. The molecule has 0 aliphatic rings. The van der Waals surface area contributed by atoms with Gasteiger partial charge in [-0.05, 0) is 48.4 Å². The zero-order chi connectivity index (χ0) is 20.1. The zero-order valence-corrected chi connectivity index (χ0v) is 18.1. The smallest absolute Gasteiger partial charge is 0.233 e. The van der Waals surface area contributed by atoms with Gasteiger partial charge in [0.05, 0.1) is 0 Å². The molecule has 1 rings (SSSR count). The lowest BCUT2D eigenvalue weighted by molar-refractivity contribution is -0.132. The number of anilines is 1. The van der Waals surface area contributed by atoms with E-state index in [0.29, 0.717) is 12.0 Å². The Morgan fingerprint density at radius 3 is 2.00 bits per heavy atom. The monoisotopic (exact) mass is 363 g/mol. The third-order valence-corrected chi connectivity index (χ3v) is 5.93. The molecule has 0 aromatic heterocycles. The minimum atomic E-state index is -0.520. The Balaban J connectivity index is 3.50. The van der Waals surface area contributed by atoms with Crippen LogP contribution < -0.4 is 4.90 Å². The molecule has 0 spiro atoms. The molecule has 3 heteroatoms. The van der Waals surface area contributed by atoms with Crippen molar-refractivity contribution in [2.45, 2.75) is 93.5 Å². The minimum Gasteiger partial charge on any atom is -0.309 e. The van der Waals surface area contributed by atoms with Crippen LogP contribution >= 0.6 is 0 Å². The lowest BCUT2D eigenvalue weighted by Gasteiger charge is -2.44. The van der Waals surface area contributed by atoms with Crippen molar-refractivity contribution < 1.29 is 9.18 Å². The van der Waals surface area contributed by atoms with Crippen LogP contribution in [0.5, 0.6) is 0 Å². The first-order valence-electron chi connectivity index (χ1n) is 10.1. The molecule has 0 heterocycles. The van der Waals surface area contributed by atoms with Gasteiger partial charge in [-0.15, -0.1) is 0 Å². The SMILES string of the molecule is CCCC(CCC)N(C(=O)C(C)(C)C(C)(C)C)c1ccc(F)c(CC)c1. The van der Waals surface area contributed by atoms with Gasteiger partial charge in [0, 0.05) is 17.1 Å². The highest BCUT2D eigenvalue weighted by Crippen LogP contribution is 2.41. The molecular weight excluding hydrogens is 325 g/mol. The fraction of sp³-hybridized carbons (Fsp3) is 0.696. The molecule has 148 valence electrons. The average molecular weight is 364 g/mol. The van der Waals surface area contributed by atoms with Gasteiger partial charge >= 0.3 is 0 Å². The summed E-state index contributed by atoms with van der Waals surface area (Å²) in [6, 6.07) is 5.29. The molecule has 0 saturated carbocycles. The summed E-state index contributed by atoms with van der Waals surface area (Å²) in [6.07, 6.45) is 4.58. The highest BCUT2D eigenvalue weighted by Gasteiger charge is 2.44. The van der Waals surface area contributed by atoms with Gasteiger partial charge < -0.3 is 4.90 Å². The number of amides is 1. The molecular formula is C23H38FNO. The molecule has 0 atom stereocenters. The lowest BCUT2D eigenvalue weighted by atomic mass is 9.68. The number of carbonyl (C=O) groups excluding carboxylic acids is 1. The van der Waals surface area contributed by atoms with Crippen molar-refractivity contribution in [3.63, 3.8) is 0 Å². The molecule has 0 unspecified atom stereocenters. The first-order valence-corrected chi connectivity index (χ1v) is 10.1. The second-order valence-corrected chi connectivity index (χ2v) is 8.91. The summed E-state index contributed by atoms with van der Waals surface area (Å²) in [5.74, 6) is -0.0631. The fourth-order valence-electron chi connectivity index (χ4n) is 3.17. The molecule has 1 amide bonds. The van der Waals surface area contributed by atoms with E-state index in [4.69, 9.17) is 0 Å². The molecule has 0 N–H and O–H groups in total. The van der Waals surface area contributed by atoms with Crippen molar-refractivity contribution in [2.75, 3.05) is 4.90 Å². The third kappa shape index (κ3) is 4.86. The molecule has 1 aromatic rings. The lowest BCUT2D eigenvalue weighted by Crippen LogP contribution is -2.51. The summed E-state index contributed by atoms with van der Waals surface area (Å²) in [5.41, 5.74) is 0.810. The first-order chi connectivity index (χ1) is 12.0. The van der Waals surface area contributed by atoms with Crippen LogP contribution in [-0.4, -0.2) is 11.9 Å². The van der Waals surface area contributed by atoms with E-state index in [1.807, 2.05) is 31.7 Å². The maximum Gasteiger partial charge on any atom is 0.233 e. The number of hydrogen-bond donors (Lipinski definition) is 0. The van der Waals surface area contributed by atoms with Crippen molar-refractivity contribution in [3.8, 4) is 0 Å². The van der Waals surface area contributed by atoms with Crippen molar-refractivity contribution in [3.05, 3.63) is 29.6 Å². The number of halogens is 1. The molecule has 0 aliphatic heterocycles. The number of hydrogen-bond acceptors (Lipinski definition) is 1. The second kappa shape index (κ2) is 9.01. The average Bonchev–Trinajstić information content (AvgIpc) is 2.55. The van der Waals surface area contributed by atoms with Crippen LogP contribution in [0.4, 0.5) is 10.1 Å². The van der Waals surface area contributed by atoms with E-state index in [1.54, 1.807) is 6.07 Å². The van der Waals surface area contributed by atoms with Gasteiger partial charge in [-0.1, -0.05) is 68.2 Å². The van der Waals surface area contributed by atoms with Crippen LogP contribution in [0.15, 0.2) is 18.2 Å². The van der Waals surface area contributed by atoms with E-state index in [1.165, 1.54) is 6.07 Å². The Labute approximate surface area is 160 Å². The topological polar surface area (TPSA) is 20.3 Å². The highest BCUT2D eigenvalue weighted by atomic mass is 19.1.